The van der Waals surface area contributed by atoms with Gasteiger partial charge in [-0.3, -0.25) is 0 Å². The molecular formula is C16H24. The van der Waals surface area contributed by atoms with E-state index in [4.69, 9.17) is 0 Å². The highest BCUT2D eigenvalue weighted by Gasteiger charge is 2.28. The van der Waals surface area contributed by atoms with Crippen LogP contribution in [-0.4, -0.2) is 0 Å². The van der Waals surface area contributed by atoms with Gasteiger partial charge in [-0.1, -0.05) is 69.6 Å². The number of hydrogen-bond donors (Lipinski definition) is 0. The predicted molar refractivity (Wildman–Crippen MR) is 73.4 cm³/mol. The van der Waals surface area contributed by atoms with E-state index in [1.54, 1.807) is 0 Å². The average Bonchev–Trinajstić information content (AvgIpc) is 2.35. The van der Waals surface area contributed by atoms with Gasteiger partial charge in [-0.25, -0.2) is 0 Å². The quantitative estimate of drug-likeness (QED) is 0.405. The molecule has 1 atom stereocenters. The number of allylic oxidation sites excluding steroid dienone is 6. The Bertz CT molecular complexity index is 293. The predicted octanol–water partition coefficient (Wildman–Crippen LogP) is 5.20. The molecule has 0 N–H and O–H groups in total. The molecule has 0 fully saturated rings. The van der Waals surface area contributed by atoms with Crippen molar-refractivity contribution in [3.63, 3.8) is 0 Å². The summed E-state index contributed by atoms with van der Waals surface area (Å²) < 4.78 is 0. The van der Waals surface area contributed by atoms with Crippen molar-refractivity contribution in [3.05, 3.63) is 49.1 Å². The summed E-state index contributed by atoms with van der Waals surface area (Å²) in [6, 6.07) is 0. The van der Waals surface area contributed by atoms with Gasteiger partial charge in [-0.2, -0.15) is 0 Å². The van der Waals surface area contributed by atoms with Gasteiger partial charge in [0.05, 0.1) is 0 Å². The van der Waals surface area contributed by atoms with Gasteiger partial charge in [0.15, 0.2) is 0 Å². The van der Waals surface area contributed by atoms with Crippen molar-refractivity contribution in [2.24, 2.45) is 5.41 Å². The van der Waals surface area contributed by atoms with Crippen LogP contribution >= 0.6 is 0 Å². The molecule has 0 saturated carbocycles. The Balaban J connectivity index is 2.62. The van der Waals surface area contributed by atoms with E-state index >= 15 is 0 Å². The Morgan fingerprint density at radius 2 is 2.12 bits per heavy atom. The normalized spacial score (nSPS) is 23.9. The lowest BCUT2D eigenvalue weighted by molar-refractivity contribution is 0.406. The molecule has 0 heterocycles. The minimum atomic E-state index is 0.157. The smallest absolute Gasteiger partial charge is 0.0164 e. The monoisotopic (exact) mass is 216 g/mol. The molecule has 0 radical (unpaired) electrons. The fourth-order valence-electron chi connectivity index (χ4n) is 2.42. The summed E-state index contributed by atoms with van der Waals surface area (Å²) in [5.74, 6) is 0. The molecule has 0 saturated heterocycles. The molecule has 1 rings (SSSR count). The third kappa shape index (κ3) is 2.98. The third-order valence-electron chi connectivity index (χ3n) is 3.56. The van der Waals surface area contributed by atoms with Crippen LogP contribution in [0, 0.1) is 5.41 Å². The lowest BCUT2D eigenvalue weighted by Gasteiger charge is -2.33. The van der Waals surface area contributed by atoms with Gasteiger partial charge in [0.25, 0.3) is 0 Å². The molecule has 0 aromatic carbocycles. The van der Waals surface area contributed by atoms with Crippen molar-refractivity contribution in [3.8, 4) is 0 Å². The van der Waals surface area contributed by atoms with Crippen molar-refractivity contribution < 1.29 is 0 Å². The van der Waals surface area contributed by atoms with Crippen molar-refractivity contribution in [1.29, 1.82) is 0 Å². The summed E-state index contributed by atoms with van der Waals surface area (Å²) in [4.78, 5) is 0. The molecule has 1 unspecified atom stereocenters. The van der Waals surface area contributed by atoms with Crippen LogP contribution in [0.4, 0.5) is 0 Å². The Kier molecular flexibility index (Phi) is 5.31. The fraction of sp³-hybridized carbons (Fsp3) is 0.500. The first-order valence-corrected chi connectivity index (χ1v) is 6.42. The van der Waals surface area contributed by atoms with Crippen LogP contribution in [0.25, 0.3) is 0 Å². The van der Waals surface area contributed by atoms with E-state index in [2.05, 4.69) is 44.4 Å². The van der Waals surface area contributed by atoms with E-state index in [1.165, 1.54) is 37.7 Å². The first-order valence-electron chi connectivity index (χ1n) is 6.42. The molecule has 0 nitrogen and oxygen atoms in total. The van der Waals surface area contributed by atoms with Crippen molar-refractivity contribution in [2.45, 2.75) is 45.4 Å². The van der Waals surface area contributed by atoms with Crippen molar-refractivity contribution in [2.75, 3.05) is 0 Å². The van der Waals surface area contributed by atoms with E-state index in [9.17, 15) is 0 Å². The van der Waals surface area contributed by atoms with Crippen LogP contribution in [0.1, 0.15) is 45.4 Å². The highest BCUT2D eigenvalue weighted by Crippen LogP contribution is 2.41. The van der Waals surface area contributed by atoms with Gasteiger partial charge < -0.3 is 0 Å². The van der Waals surface area contributed by atoms with Gasteiger partial charge in [0.1, 0.15) is 0 Å². The molecule has 0 heteroatoms. The largest absolute Gasteiger partial charge is 0.102 e. The number of rotatable bonds is 7. The highest BCUT2D eigenvalue weighted by molar-refractivity contribution is 5.37. The lowest BCUT2D eigenvalue weighted by atomic mass is 9.71. The Labute approximate surface area is 100 Å². The standard InChI is InChI=1S/C16H24/c1-4-7-8-10-13-16(6-3)14-11-9-12-15(16)5-2/h5-6,9,11-12H,2-4,7-8,10,13-14H2,1H3. The Hall–Kier alpha value is -1.04. The highest BCUT2D eigenvalue weighted by atomic mass is 14.3. The van der Waals surface area contributed by atoms with E-state index in [1.807, 2.05) is 6.08 Å². The molecule has 88 valence electrons. The zero-order valence-corrected chi connectivity index (χ0v) is 10.5. The second-order valence-electron chi connectivity index (χ2n) is 4.63. The molecule has 0 amide bonds. The van der Waals surface area contributed by atoms with Crippen LogP contribution < -0.4 is 0 Å². The van der Waals surface area contributed by atoms with E-state index in [0.717, 1.165) is 6.42 Å². The summed E-state index contributed by atoms with van der Waals surface area (Å²) in [7, 11) is 0. The zero-order chi connectivity index (χ0) is 11.9. The zero-order valence-electron chi connectivity index (χ0n) is 10.5. The number of unbranched alkanes of at least 4 members (excludes halogenated alkanes) is 3. The van der Waals surface area contributed by atoms with Gasteiger partial charge >= 0.3 is 0 Å². The van der Waals surface area contributed by atoms with Gasteiger partial charge in [0, 0.05) is 5.41 Å². The summed E-state index contributed by atoms with van der Waals surface area (Å²) in [6.07, 6.45) is 18.2. The second kappa shape index (κ2) is 6.52. The van der Waals surface area contributed by atoms with E-state index in [0.29, 0.717) is 0 Å². The maximum absolute atomic E-state index is 4.03. The Morgan fingerprint density at radius 1 is 1.31 bits per heavy atom. The first kappa shape index (κ1) is 13.0. The molecule has 0 aromatic heterocycles. The van der Waals surface area contributed by atoms with Crippen LogP contribution in [0.5, 0.6) is 0 Å². The summed E-state index contributed by atoms with van der Waals surface area (Å²) in [6.45, 7) is 10.2. The van der Waals surface area contributed by atoms with E-state index < -0.39 is 0 Å². The van der Waals surface area contributed by atoms with Crippen LogP contribution in [0.2, 0.25) is 0 Å². The SMILES string of the molecule is C=CC1=CC=CCC1(C=C)CCCCCC. The van der Waals surface area contributed by atoms with Crippen LogP contribution in [-0.2, 0) is 0 Å². The molecule has 0 bridgehead atoms. The average molecular weight is 216 g/mol. The third-order valence-corrected chi connectivity index (χ3v) is 3.56. The number of hydrogen-bond acceptors (Lipinski definition) is 0. The minimum absolute atomic E-state index is 0.157. The maximum atomic E-state index is 4.03. The summed E-state index contributed by atoms with van der Waals surface area (Å²) in [5.41, 5.74) is 1.49. The molecule has 16 heavy (non-hydrogen) atoms. The summed E-state index contributed by atoms with van der Waals surface area (Å²) >= 11 is 0. The van der Waals surface area contributed by atoms with Crippen molar-refractivity contribution in [1.82, 2.24) is 0 Å². The van der Waals surface area contributed by atoms with Crippen LogP contribution in [0.15, 0.2) is 49.1 Å². The van der Waals surface area contributed by atoms with Gasteiger partial charge in [0.2, 0.25) is 0 Å². The lowest BCUT2D eigenvalue weighted by Crippen LogP contribution is -2.20. The molecule has 0 aliphatic heterocycles. The Morgan fingerprint density at radius 3 is 2.75 bits per heavy atom. The topological polar surface area (TPSA) is 0 Å². The van der Waals surface area contributed by atoms with Gasteiger partial charge in [-0.05, 0) is 18.4 Å². The minimum Gasteiger partial charge on any atom is -0.102 e. The molecule has 1 aliphatic carbocycles. The fourth-order valence-corrected chi connectivity index (χ4v) is 2.42. The first-order chi connectivity index (χ1) is 7.79. The van der Waals surface area contributed by atoms with Crippen molar-refractivity contribution >= 4 is 0 Å². The second-order valence-corrected chi connectivity index (χ2v) is 4.63. The van der Waals surface area contributed by atoms with Crippen LogP contribution in [0.3, 0.4) is 0 Å². The molecular weight excluding hydrogens is 192 g/mol. The summed E-state index contributed by atoms with van der Waals surface area (Å²) in [5, 5.41) is 0. The maximum Gasteiger partial charge on any atom is 0.0164 e. The van der Waals surface area contributed by atoms with Gasteiger partial charge in [-0.15, -0.1) is 6.58 Å². The molecule has 0 aromatic rings. The molecule has 0 spiro atoms. The molecule has 1 aliphatic rings. The van der Waals surface area contributed by atoms with E-state index in [-0.39, 0.29) is 5.41 Å².